The number of morpholine rings is 1. The van der Waals surface area contributed by atoms with Gasteiger partial charge in [0.25, 0.3) is 0 Å². The van der Waals surface area contributed by atoms with Crippen LogP contribution < -0.4 is 14.9 Å². The maximum atomic E-state index is 12.5. The van der Waals surface area contributed by atoms with Gasteiger partial charge < -0.3 is 20.1 Å². The minimum Gasteiger partial charge on any atom is -0.394 e. The molecule has 1 fully saturated rings. The van der Waals surface area contributed by atoms with E-state index in [1.807, 2.05) is 19.1 Å². The van der Waals surface area contributed by atoms with Crippen molar-refractivity contribution in [3.63, 3.8) is 0 Å². The lowest BCUT2D eigenvalue weighted by Gasteiger charge is -2.29. The van der Waals surface area contributed by atoms with Crippen LogP contribution in [-0.4, -0.2) is 58.4 Å². The number of carbonyl (C=O) groups excluding carboxylic acids is 1. The van der Waals surface area contributed by atoms with E-state index in [1.165, 1.54) is 12.1 Å². The Hall–Kier alpha value is -2.46. The second-order valence-electron chi connectivity index (χ2n) is 6.81. The van der Waals surface area contributed by atoms with Crippen molar-refractivity contribution in [3.8, 4) is 0 Å². The third kappa shape index (κ3) is 5.54. The van der Waals surface area contributed by atoms with Gasteiger partial charge in [0.2, 0.25) is 15.9 Å². The molecule has 0 saturated carbocycles. The summed E-state index contributed by atoms with van der Waals surface area (Å²) >= 11 is 0. The Morgan fingerprint density at radius 3 is 2.31 bits per heavy atom. The number of benzene rings is 2. The van der Waals surface area contributed by atoms with Crippen LogP contribution in [0.2, 0.25) is 0 Å². The summed E-state index contributed by atoms with van der Waals surface area (Å²) in [5, 5.41) is 12.2. The molecule has 156 valence electrons. The number of sulfonamides is 1. The Morgan fingerprint density at radius 2 is 1.72 bits per heavy atom. The fourth-order valence-electron chi connectivity index (χ4n) is 2.95. The highest BCUT2D eigenvalue weighted by Crippen LogP contribution is 2.19. The number of aryl methyl sites for hydroxylation is 1. The van der Waals surface area contributed by atoms with Crippen molar-refractivity contribution in [1.82, 2.24) is 4.72 Å². The number of nitrogens with zero attached hydrogens (tertiary/aromatic N) is 1. The third-order valence-electron chi connectivity index (χ3n) is 4.64. The quantitative estimate of drug-likeness (QED) is 0.621. The topological polar surface area (TPSA) is 108 Å². The number of rotatable bonds is 7. The van der Waals surface area contributed by atoms with Gasteiger partial charge in [-0.3, -0.25) is 4.79 Å². The van der Waals surface area contributed by atoms with Gasteiger partial charge in [0.05, 0.1) is 24.7 Å². The van der Waals surface area contributed by atoms with Gasteiger partial charge in [-0.05, 0) is 43.3 Å². The normalized spacial score (nSPS) is 15.7. The van der Waals surface area contributed by atoms with E-state index in [9.17, 15) is 18.3 Å². The SMILES string of the molecule is Cc1ccc(S(=O)(=O)NC(CO)C(=O)Nc2ccc(N3CCOCC3)cc2)cc1. The Balaban J connectivity index is 1.64. The number of aliphatic hydroxyl groups excluding tert-OH is 1. The first-order valence-electron chi connectivity index (χ1n) is 9.32. The first-order chi connectivity index (χ1) is 13.9. The molecule has 0 radical (unpaired) electrons. The molecule has 9 heteroatoms. The van der Waals surface area contributed by atoms with Crippen LogP contribution in [0.15, 0.2) is 53.4 Å². The molecule has 1 unspecified atom stereocenters. The van der Waals surface area contributed by atoms with Crippen molar-refractivity contribution in [3.05, 3.63) is 54.1 Å². The van der Waals surface area contributed by atoms with Crippen LogP contribution >= 0.6 is 0 Å². The number of carbonyl (C=O) groups is 1. The molecule has 1 amide bonds. The predicted molar refractivity (Wildman–Crippen MR) is 110 cm³/mol. The van der Waals surface area contributed by atoms with Gasteiger partial charge >= 0.3 is 0 Å². The lowest BCUT2D eigenvalue weighted by atomic mass is 10.2. The van der Waals surface area contributed by atoms with E-state index in [0.717, 1.165) is 24.3 Å². The summed E-state index contributed by atoms with van der Waals surface area (Å²) in [7, 11) is -3.94. The van der Waals surface area contributed by atoms with Gasteiger partial charge in [-0.25, -0.2) is 8.42 Å². The van der Waals surface area contributed by atoms with Crippen molar-refractivity contribution < 1.29 is 23.1 Å². The molecule has 0 bridgehead atoms. The molecule has 0 spiro atoms. The summed E-state index contributed by atoms with van der Waals surface area (Å²) < 4.78 is 32.5. The number of hydrogen-bond acceptors (Lipinski definition) is 6. The number of aliphatic hydroxyl groups is 1. The molecule has 1 atom stereocenters. The zero-order chi connectivity index (χ0) is 20.9. The van der Waals surface area contributed by atoms with Gasteiger partial charge in [0.15, 0.2) is 0 Å². The second-order valence-corrected chi connectivity index (χ2v) is 8.52. The summed E-state index contributed by atoms with van der Waals surface area (Å²) in [6.07, 6.45) is 0. The molecule has 1 heterocycles. The van der Waals surface area contributed by atoms with E-state index in [-0.39, 0.29) is 4.90 Å². The molecule has 2 aromatic carbocycles. The number of amides is 1. The largest absolute Gasteiger partial charge is 0.394 e. The molecule has 2 aromatic rings. The highest BCUT2D eigenvalue weighted by Gasteiger charge is 2.25. The number of ether oxygens (including phenoxy) is 1. The van der Waals surface area contributed by atoms with E-state index in [1.54, 1.807) is 24.3 Å². The van der Waals surface area contributed by atoms with Crippen LogP contribution in [0.1, 0.15) is 5.56 Å². The van der Waals surface area contributed by atoms with Gasteiger partial charge in [0, 0.05) is 24.5 Å². The fraction of sp³-hybridized carbons (Fsp3) is 0.350. The zero-order valence-electron chi connectivity index (χ0n) is 16.2. The summed E-state index contributed by atoms with van der Waals surface area (Å²) in [6.45, 7) is 4.15. The predicted octanol–water partition coefficient (Wildman–Crippen LogP) is 1.11. The fourth-order valence-corrected chi connectivity index (χ4v) is 4.14. The Bertz CT molecular complexity index is 924. The van der Waals surface area contributed by atoms with E-state index in [2.05, 4.69) is 14.9 Å². The molecule has 1 saturated heterocycles. The molecule has 0 aromatic heterocycles. The van der Waals surface area contributed by atoms with Crippen LogP contribution in [0.3, 0.4) is 0 Å². The maximum absolute atomic E-state index is 12.5. The van der Waals surface area contributed by atoms with Crippen LogP contribution in [-0.2, 0) is 19.6 Å². The van der Waals surface area contributed by atoms with Crippen molar-refractivity contribution in [2.24, 2.45) is 0 Å². The van der Waals surface area contributed by atoms with Crippen molar-refractivity contribution in [1.29, 1.82) is 0 Å². The Labute approximate surface area is 170 Å². The molecule has 8 nitrogen and oxygen atoms in total. The number of nitrogens with one attached hydrogen (secondary N) is 2. The molecule has 1 aliphatic heterocycles. The van der Waals surface area contributed by atoms with Crippen LogP contribution in [0, 0.1) is 6.92 Å². The average molecular weight is 420 g/mol. The zero-order valence-corrected chi connectivity index (χ0v) is 17.0. The highest BCUT2D eigenvalue weighted by atomic mass is 32.2. The lowest BCUT2D eigenvalue weighted by molar-refractivity contribution is -0.118. The monoisotopic (exact) mass is 419 g/mol. The van der Waals surface area contributed by atoms with Crippen LogP contribution in [0.4, 0.5) is 11.4 Å². The Morgan fingerprint density at radius 1 is 1.10 bits per heavy atom. The summed E-state index contributed by atoms with van der Waals surface area (Å²) in [5.41, 5.74) is 2.45. The molecular formula is C20H25N3O5S. The first-order valence-corrected chi connectivity index (χ1v) is 10.8. The third-order valence-corrected chi connectivity index (χ3v) is 6.13. The van der Waals surface area contributed by atoms with Crippen molar-refractivity contribution >= 4 is 27.3 Å². The molecule has 3 N–H and O–H groups in total. The average Bonchev–Trinajstić information content (AvgIpc) is 2.73. The van der Waals surface area contributed by atoms with Gasteiger partial charge in [-0.1, -0.05) is 17.7 Å². The first kappa shape index (κ1) is 21.3. The van der Waals surface area contributed by atoms with E-state index < -0.39 is 28.6 Å². The summed E-state index contributed by atoms with van der Waals surface area (Å²) in [6, 6.07) is 12.2. The minimum absolute atomic E-state index is 0.0317. The smallest absolute Gasteiger partial charge is 0.244 e. The number of anilines is 2. The summed E-state index contributed by atoms with van der Waals surface area (Å²) in [4.78, 5) is 14.7. The number of hydrogen-bond donors (Lipinski definition) is 3. The van der Waals surface area contributed by atoms with E-state index in [0.29, 0.717) is 18.9 Å². The van der Waals surface area contributed by atoms with Gasteiger partial charge in [-0.2, -0.15) is 4.72 Å². The minimum atomic E-state index is -3.94. The maximum Gasteiger partial charge on any atom is 0.244 e. The Kier molecular flexibility index (Phi) is 6.86. The molecular weight excluding hydrogens is 394 g/mol. The van der Waals surface area contributed by atoms with Gasteiger partial charge in [0.1, 0.15) is 6.04 Å². The molecule has 29 heavy (non-hydrogen) atoms. The molecule has 0 aliphatic carbocycles. The molecule has 1 aliphatic rings. The lowest BCUT2D eigenvalue weighted by Crippen LogP contribution is -2.46. The van der Waals surface area contributed by atoms with Gasteiger partial charge in [-0.15, -0.1) is 0 Å². The van der Waals surface area contributed by atoms with E-state index in [4.69, 9.17) is 4.74 Å². The standard InChI is InChI=1S/C20H25N3O5S/c1-15-2-8-18(9-3-15)29(26,27)22-19(14-24)20(25)21-16-4-6-17(7-5-16)23-10-12-28-13-11-23/h2-9,19,22,24H,10-14H2,1H3,(H,21,25). The molecule has 3 rings (SSSR count). The van der Waals surface area contributed by atoms with Crippen LogP contribution in [0.25, 0.3) is 0 Å². The van der Waals surface area contributed by atoms with E-state index >= 15 is 0 Å². The second kappa shape index (κ2) is 9.36. The summed E-state index contributed by atoms with van der Waals surface area (Å²) in [5.74, 6) is -0.637. The van der Waals surface area contributed by atoms with Crippen molar-refractivity contribution in [2.45, 2.75) is 17.9 Å². The highest BCUT2D eigenvalue weighted by molar-refractivity contribution is 7.89. The van der Waals surface area contributed by atoms with Crippen LogP contribution in [0.5, 0.6) is 0 Å². The van der Waals surface area contributed by atoms with Crippen molar-refractivity contribution in [2.75, 3.05) is 43.1 Å².